The standard InChI is InChI=1S/C17H22N4O4S/c22-17(18-13-15-5-2-11-25-15)14-4-1-6-16(12-14)26(23,24)20-8-10-21-9-3-7-19-21/h1,3-4,6-7,9,12,15,20H,2,5,8,10-11,13H2,(H,18,22)/t15-/m0/s1. The van der Waals surface area contributed by atoms with E-state index in [4.69, 9.17) is 4.74 Å². The molecule has 1 aliphatic heterocycles. The van der Waals surface area contributed by atoms with Crippen LogP contribution in [-0.4, -0.2) is 49.9 Å². The molecule has 1 saturated heterocycles. The Bertz CT molecular complexity index is 830. The van der Waals surface area contributed by atoms with Crippen LogP contribution in [0.4, 0.5) is 0 Å². The lowest BCUT2D eigenvalue weighted by atomic mass is 10.2. The van der Waals surface area contributed by atoms with E-state index in [-0.39, 0.29) is 23.5 Å². The third-order valence-corrected chi connectivity index (χ3v) is 5.57. The van der Waals surface area contributed by atoms with Crippen LogP contribution >= 0.6 is 0 Å². The first kappa shape index (κ1) is 18.6. The van der Waals surface area contributed by atoms with Gasteiger partial charge < -0.3 is 10.1 Å². The minimum Gasteiger partial charge on any atom is -0.376 e. The van der Waals surface area contributed by atoms with E-state index in [2.05, 4.69) is 15.1 Å². The monoisotopic (exact) mass is 378 g/mol. The van der Waals surface area contributed by atoms with Crippen molar-refractivity contribution in [2.75, 3.05) is 19.7 Å². The molecule has 1 aromatic heterocycles. The van der Waals surface area contributed by atoms with E-state index in [0.29, 0.717) is 18.7 Å². The van der Waals surface area contributed by atoms with Crippen LogP contribution in [0.3, 0.4) is 0 Å². The third-order valence-electron chi connectivity index (χ3n) is 4.11. The van der Waals surface area contributed by atoms with Crippen LogP contribution in [0.2, 0.25) is 0 Å². The maximum Gasteiger partial charge on any atom is 0.251 e. The molecular formula is C17H22N4O4S. The maximum absolute atomic E-state index is 12.4. The van der Waals surface area contributed by atoms with E-state index < -0.39 is 10.0 Å². The fraction of sp³-hybridized carbons (Fsp3) is 0.412. The lowest BCUT2D eigenvalue weighted by Gasteiger charge is -2.12. The average molecular weight is 378 g/mol. The van der Waals surface area contributed by atoms with E-state index in [1.807, 2.05) is 0 Å². The van der Waals surface area contributed by atoms with Gasteiger partial charge in [0, 0.05) is 37.7 Å². The molecule has 0 spiro atoms. The molecule has 3 rings (SSSR count). The number of nitrogens with zero attached hydrogens (tertiary/aromatic N) is 2. The molecule has 1 atom stereocenters. The van der Waals surface area contributed by atoms with Gasteiger partial charge in [-0.1, -0.05) is 6.07 Å². The van der Waals surface area contributed by atoms with Crippen molar-refractivity contribution in [3.8, 4) is 0 Å². The first-order valence-corrected chi connectivity index (χ1v) is 10.00. The number of amides is 1. The summed E-state index contributed by atoms with van der Waals surface area (Å²) in [5.41, 5.74) is 0.304. The molecule has 140 valence electrons. The normalized spacial score (nSPS) is 17.3. The maximum atomic E-state index is 12.4. The highest BCUT2D eigenvalue weighted by Crippen LogP contribution is 2.13. The van der Waals surface area contributed by atoms with Crippen LogP contribution in [0, 0.1) is 0 Å². The highest BCUT2D eigenvalue weighted by atomic mass is 32.2. The van der Waals surface area contributed by atoms with Crippen molar-refractivity contribution >= 4 is 15.9 Å². The van der Waals surface area contributed by atoms with Gasteiger partial charge in [-0.15, -0.1) is 0 Å². The summed E-state index contributed by atoms with van der Waals surface area (Å²) in [4.78, 5) is 12.3. The van der Waals surface area contributed by atoms with Gasteiger partial charge in [-0.2, -0.15) is 5.10 Å². The number of ether oxygens (including phenoxy) is 1. The van der Waals surface area contributed by atoms with Crippen molar-refractivity contribution in [2.24, 2.45) is 0 Å². The zero-order valence-electron chi connectivity index (χ0n) is 14.3. The van der Waals surface area contributed by atoms with Crippen molar-refractivity contribution in [2.45, 2.75) is 30.4 Å². The van der Waals surface area contributed by atoms with Crippen LogP contribution in [0.25, 0.3) is 0 Å². The molecule has 0 saturated carbocycles. The van der Waals surface area contributed by atoms with Gasteiger partial charge in [0.25, 0.3) is 5.91 Å². The SMILES string of the molecule is O=C(NC[C@@H]1CCCO1)c1cccc(S(=O)(=O)NCCn2cccn2)c1. The van der Waals surface area contributed by atoms with Crippen LogP contribution in [0.1, 0.15) is 23.2 Å². The fourth-order valence-corrected chi connectivity index (χ4v) is 3.80. The predicted molar refractivity (Wildman–Crippen MR) is 95.2 cm³/mol. The summed E-state index contributed by atoms with van der Waals surface area (Å²) in [5.74, 6) is -0.311. The molecule has 8 nitrogen and oxygen atoms in total. The zero-order valence-corrected chi connectivity index (χ0v) is 15.1. The van der Waals surface area contributed by atoms with Crippen molar-refractivity contribution in [3.63, 3.8) is 0 Å². The second-order valence-electron chi connectivity index (χ2n) is 6.04. The Balaban J connectivity index is 1.58. The van der Waals surface area contributed by atoms with Gasteiger partial charge in [0.2, 0.25) is 10.0 Å². The smallest absolute Gasteiger partial charge is 0.251 e. The molecule has 2 heterocycles. The summed E-state index contributed by atoms with van der Waals surface area (Å²) in [6, 6.07) is 7.76. The van der Waals surface area contributed by atoms with Crippen LogP contribution in [-0.2, 0) is 21.3 Å². The number of benzene rings is 1. The summed E-state index contributed by atoms with van der Waals surface area (Å²) in [6.07, 6.45) is 5.35. The van der Waals surface area contributed by atoms with Gasteiger partial charge in [-0.3, -0.25) is 9.48 Å². The third kappa shape index (κ3) is 4.90. The van der Waals surface area contributed by atoms with E-state index in [1.165, 1.54) is 12.1 Å². The Hall–Kier alpha value is -2.23. The second-order valence-corrected chi connectivity index (χ2v) is 7.81. The highest BCUT2D eigenvalue weighted by molar-refractivity contribution is 7.89. The molecule has 0 unspecified atom stereocenters. The summed E-state index contributed by atoms with van der Waals surface area (Å²) in [6.45, 7) is 1.78. The molecule has 1 aliphatic rings. The molecule has 1 fully saturated rings. The Morgan fingerprint density at radius 1 is 1.35 bits per heavy atom. The fourth-order valence-electron chi connectivity index (χ4n) is 2.73. The van der Waals surface area contributed by atoms with Gasteiger partial charge in [-0.25, -0.2) is 13.1 Å². The van der Waals surface area contributed by atoms with E-state index in [1.54, 1.807) is 35.3 Å². The molecular weight excluding hydrogens is 356 g/mol. The molecule has 0 aliphatic carbocycles. The van der Waals surface area contributed by atoms with Crippen LogP contribution in [0.15, 0.2) is 47.6 Å². The van der Waals surface area contributed by atoms with Crippen LogP contribution < -0.4 is 10.0 Å². The number of nitrogens with one attached hydrogen (secondary N) is 2. The number of hydrogen-bond donors (Lipinski definition) is 2. The van der Waals surface area contributed by atoms with E-state index in [0.717, 1.165) is 19.4 Å². The van der Waals surface area contributed by atoms with Crippen LogP contribution in [0.5, 0.6) is 0 Å². The molecule has 2 aromatic rings. The summed E-state index contributed by atoms with van der Waals surface area (Å²) in [7, 11) is -3.70. The Labute approximate surface area is 152 Å². The largest absolute Gasteiger partial charge is 0.376 e. The molecule has 9 heteroatoms. The number of carbonyl (C=O) groups excluding carboxylic acids is 1. The summed E-state index contributed by atoms with van der Waals surface area (Å²) in [5, 5.41) is 6.81. The topological polar surface area (TPSA) is 102 Å². The molecule has 1 aromatic carbocycles. The number of sulfonamides is 1. The van der Waals surface area contributed by atoms with Gasteiger partial charge in [0.15, 0.2) is 0 Å². The van der Waals surface area contributed by atoms with Crippen molar-refractivity contribution in [3.05, 3.63) is 48.3 Å². The first-order chi connectivity index (χ1) is 12.5. The Morgan fingerprint density at radius 3 is 2.96 bits per heavy atom. The molecule has 0 bridgehead atoms. The van der Waals surface area contributed by atoms with Gasteiger partial charge in [-0.05, 0) is 37.1 Å². The molecule has 2 N–H and O–H groups in total. The number of hydrogen-bond acceptors (Lipinski definition) is 5. The molecule has 1 amide bonds. The number of aromatic nitrogens is 2. The minimum atomic E-state index is -3.70. The quantitative estimate of drug-likeness (QED) is 0.706. The Kier molecular flexibility index (Phi) is 6.02. The van der Waals surface area contributed by atoms with Gasteiger partial charge in [0.05, 0.1) is 17.5 Å². The Morgan fingerprint density at radius 2 is 2.23 bits per heavy atom. The van der Waals surface area contributed by atoms with Crippen molar-refractivity contribution in [1.82, 2.24) is 19.8 Å². The van der Waals surface area contributed by atoms with E-state index >= 15 is 0 Å². The molecule has 0 radical (unpaired) electrons. The van der Waals surface area contributed by atoms with E-state index in [9.17, 15) is 13.2 Å². The zero-order chi connectivity index (χ0) is 18.4. The first-order valence-electron chi connectivity index (χ1n) is 8.51. The van der Waals surface area contributed by atoms with Gasteiger partial charge in [0.1, 0.15) is 0 Å². The predicted octanol–water partition coefficient (Wildman–Crippen LogP) is 0.770. The van der Waals surface area contributed by atoms with Crippen molar-refractivity contribution < 1.29 is 17.9 Å². The van der Waals surface area contributed by atoms with Gasteiger partial charge >= 0.3 is 0 Å². The minimum absolute atomic E-state index is 0.0369. The summed E-state index contributed by atoms with van der Waals surface area (Å²) < 4.78 is 34.4. The molecule has 26 heavy (non-hydrogen) atoms. The van der Waals surface area contributed by atoms with Crippen molar-refractivity contribution in [1.29, 1.82) is 0 Å². The second kappa shape index (κ2) is 8.43. The lowest BCUT2D eigenvalue weighted by molar-refractivity contribution is 0.0857. The lowest BCUT2D eigenvalue weighted by Crippen LogP contribution is -2.32. The number of rotatable bonds is 8. The average Bonchev–Trinajstić information content (AvgIpc) is 3.33. The summed E-state index contributed by atoms with van der Waals surface area (Å²) >= 11 is 0. The number of carbonyl (C=O) groups is 1. The highest BCUT2D eigenvalue weighted by Gasteiger charge is 2.18.